The number of halogens is 1. The van der Waals surface area contributed by atoms with Crippen LogP contribution in [0, 0.1) is 11.7 Å². The van der Waals surface area contributed by atoms with E-state index < -0.39 is 0 Å². The van der Waals surface area contributed by atoms with E-state index >= 15 is 0 Å². The van der Waals surface area contributed by atoms with Crippen molar-refractivity contribution in [3.05, 3.63) is 88.6 Å². The van der Waals surface area contributed by atoms with Crippen LogP contribution in [0.5, 0.6) is 5.75 Å². The molecule has 7 heteroatoms. The fraction of sp³-hybridized carbons (Fsp3) is 0.400. The van der Waals surface area contributed by atoms with Crippen LogP contribution in [0.1, 0.15) is 72.2 Å². The van der Waals surface area contributed by atoms with E-state index in [0.29, 0.717) is 30.2 Å². The van der Waals surface area contributed by atoms with Crippen LogP contribution in [0.25, 0.3) is 0 Å². The number of furan rings is 1. The maximum absolute atomic E-state index is 13.7. The number of rotatable bonds is 7. The van der Waals surface area contributed by atoms with Crippen molar-refractivity contribution in [3.63, 3.8) is 0 Å². The monoisotopic (exact) mass is 504 g/mol. The SMILES string of the molecule is CC(C)CC(=O)N1CCc2ccc(OCc3ccc(C(=O)N4CCCC4)o3)cc2[C@@H]1c1ccc(F)cc1. The van der Waals surface area contributed by atoms with Crippen LogP contribution in [0.4, 0.5) is 4.39 Å². The fourth-order valence-electron chi connectivity index (χ4n) is 5.22. The Morgan fingerprint density at radius 1 is 1.03 bits per heavy atom. The molecule has 3 heterocycles. The van der Waals surface area contributed by atoms with Crippen LogP contribution in [0.3, 0.4) is 0 Å². The molecule has 3 aromatic rings. The maximum atomic E-state index is 13.7. The molecule has 1 fully saturated rings. The van der Waals surface area contributed by atoms with Gasteiger partial charge in [0, 0.05) is 26.1 Å². The fourth-order valence-corrected chi connectivity index (χ4v) is 5.22. The molecular weight excluding hydrogens is 471 g/mol. The van der Waals surface area contributed by atoms with Crippen LogP contribution in [0.2, 0.25) is 0 Å². The van der Waals surface area contributed by atoms with Gasteiger partial charge in [-0.3, -0.25) is 9.59 Å². The third-order valence-corrected chi connectivity index (χ3v) is 7.08. The van der Waals surface area contributed by atoms with Crippen molar-refractivity contribution < 1.29 is 23.1 Å². The van der Waals surface area contributed by atoms with Crippen molar-refractivity contribution in [1.29, 1.82) is 0 Å². The minimum atomic E-state index is -0.313. The number of carbonyl (C=O) groups excluding carboxylic acids is 2. The Bertz CT molecular complexity index is 1260. The second-order valence-corrected chi connectivity index (χ2v) is 10.3. The lowest BCUT2D eigenvalue weighted by atomic mass is 9.87. The summed E-state index contributed by atoms with van der Waals surface area (Å²) in [5.74, 6) is 1.50. The highest BCUT2D eigenvalue weighted by Gasteiger charge is 2.32. The lowest BCUT2D eigenvalue weighted by Crippen LogP contribution is -2.41. The molecular formula is C30H33FN2O4. The van der Waals surface area contributed by atoms with Gasteiger partial charge in [0.05, 0.1) is 6.04 Å². The molecule has 0 saturated carbocycles. The number of likely N-dealkylation sites (tertiary alicyclic amines) is 1. The van der Waals surface area contributed by atoms with Gasteiger partial charge >= 0.3 is 0 Å². The third kappa shape index (κ3) is 5.55. The van der Waals surface area contributed by atoms with E-state index in [1.165, 1.54) is 12.1 Å². The molecule has 37 heavy (non-hydrogen) atoms. The number of hydrogen-bond acceptors (Lipinski definition) is 4. The van der Waals surface area contributed by atoms with Crippen LogP contribution >= 0.6 is 0 Å². The molecule has 5 rings (SSSR count). The molecule has 0 bridgehead atoms. The Balaban J connectivity index is 1.37. The van der Waals surface area contributed by atoms with Crippen molar-refractivity contribution in [1.82, 2.24) is 9.80 Å². The number of amides is 2. The Morgan fingerprint density at radius 2 is 1.78 bits per heavy atom. The van der Waals surface area contributed by atoms with Gasteiger partial charge in [0.2, 0.25) is 5.91 Å². The van der Waals surface area contributed by atoms with Crippen molar-refractivity contribution in [2.45, 2.75) is 52.2 Å². The lowest BCUT2D eigenvalue weighted by molar-refractivity contribution is -0.134. The molecule has 2 aliphatic rings. The minimum Gasteiger partial charge on any atom is -0.486 e. The normalized spacial score (nSPS) is 17.2. The zero-order chi connectivity index (χ0) is 25.9. The summed E-state index contributed by atoms with van der Waals surface area (Å²) < 4.78 is 25.5. The van der Waals surface area contributed by atoms with E-state index in [2.05, 4.69) is 0 Å². The summed E-state index contributed by atoms with van der Waals surface area (Å²) in [4.78, 5) is 29.5. The standard InChI is InChI=1S/C30H33FN2O4/c1-20(2)17-28(34)33-16-13-21-7-10-24(18-26(21)29(33)22-5-8-23(31)9-6-22)36-19-25-11-12-27(37-25)30(35)32-14-3-4-15-32/h5-12,18,20,29H,3-4,13-17,19H2,1-2H3/t29-/m0/s1. The molecule has 1 saturated heterocycles. The topological polar surface area (TPSA) is 63.0 Å². The predicted octanol–water partition coefficient (Wildman–Crippen LogP) is 5.75. The number of fused-ring (bicyclic) bond motifs is 1. The Hall–Kier alpha value is -3.61. The molecule has 0 spiro atoms. The van der Waals surface area contributed by atoms with Crippen LogP contribution in [-0.4, -0.2) is 41.2 Å². The van der Waals surface area contributed by atoms with Crippen molar-refractivity contribution in [3.8, 4) is 5.75 Å². The van der Waals surface area contributed by atoms with Crippen molar-refractivity contribution in [2.24, 2.45) is 5.92 Å². The van der Waals surface area contributed by atoms with E-state index in [-0.39, 0.29) is 36.2 Å². The average Bonchev–Trinajstić information content (AvgIpc) is 3.59. The van der Waals surface area contributed by atoms with E-state index in [1.54, 1.807) is 24.3 Å². The first-order valence-corrected chi connectivity index (χ1v) is 13.1. The van der Waals surface area contributed by atoms with Gasteiger partial charge in [0.15, 0.2) is 5.76 Å². The molecule has 2 aliphatic heterocycles. The Kier molecular flexibility index (Phi) is 7.31. The second kappa shape index (κ2) is 10.8. The summed E-state index contributed by atoms with van der Waals surface area (Å²) in [6.07, 6.45) is 3.26. The number of carbonyl (C=O) groups is 2. The average molecular weight is 505 g/mol. The van der Waals surface area contributed by atoms with Gasteiger partial charge in [-0.25, -0.2) is 4.39 Å². The quantitative estimate of drug-likeness (QED) is 0.411. The molecule has 0 unspecified atom stereocenters. The summed E-state index contributed by atoms with van der Waals surface area (Å²) in [6.45, 7) is 6.41. The summed E-state index contributed by atoms with van der Waals surface area (Å²) in [5.41, 5.74) is 3.00. The Morgan fingerprint density at radius 3 is 2.51 bits per heavy atom. The van der Waals surface area contributed by atoms with Gasteiger partial charge in [-0.2, -0.15) is 0 Å². The highest BCUT2D eigenvalue weighted by Crippen LogP contribution is 2.38. The summed E-state index contributed by atoms with van der Waals surface area (Å²) in [5, 5.41) is 0. The Labute approximate surface area is 217 Å². The predicted molar refractivity (Wildman–Crippen MR) is 138 cm³/mol. The number of nitrogens with zero attached hydrogens (tertiary/aromatic N) is 2. The molecule has 194 valence electrons. The lowest BCUT2D eigenvalue weighted by Gasteiger charge is -2.38. The summed E-state index contributed by atoms with van der Waals surface area (Å²) >= 11 is 0. The van der Waals surface area contributed by atoms with Gasteiger partial charge in [-0.15, -0.1) is 0 Å². The third-order valence-electron chi connectivity index (χ3n) is 7.08. The zero-order valence-corrected chi connectivity index (χ0v) is 21.4. The summed E-state index contributed by atoms with van der Waals surface area (Å²) in [7, 11) is 0. The van der Waals surface area contributed by atoms with E-state index in [9.17, 15) is 14.0 Å². The largest absolute Gasteiger partial charge is 0.486 e. The molecule has 0 radical (unpaired) electrons. The number of hydrogen-bond donors (Lipinski definition) is 0. The zero-order valence-electron chi connectivity index (χ0n) is 21.4. The maximum Gasteiger partial charge on any atom is 0.289 e. The van der Waals surface area contributed by atoms with Crippen LogP contribution < -0.4 is 4.74 Å². The van der Waals surface area contributed by atoms with E-state index in [4.69, 9.17) is 9.15 Å². The number of benzene rings is 2. The highest BCUT2D eigenvalue weighted by atomic mass is 19.1. The smallest absolute Gasteiger partial charge is 0.289 e. The van der Waals surface area contributed by atoms with Gasteiger partial charge in [-0.1, -0.05) is 32.0 Å². The number of ether oxygens (including phenoxy) is 1. The summed E-state index contributed by atoms with van der Waals surface area (Å²) in [6, 6.07) is 15.5. The molecule has 2 amide bonds. The van der Waals surface area contributed by atoms with Crippen molar-refractivity contribution >= 4 is 11.8 Å². The molecule has 0 N–H and O–H groups in total. The first kappa shape index (κ1) is 25.1. The molecule has 2 aromatic carbocycles. The van der Waals surface area contributed by atoms with Gasteiger partial charge < -0.3 is 19.0 Å². The van der Waals surface area contributed by atoms with E-state index in [0.717, 1.165) is 49.0 Å². The van der Waals surface area contributed by atoms with Crippen LogP contribution in [-0.2, 0) is 17.8 Å². The van der Waals surface area contributed by atoms with Crippen LogP contribution in [0.15, 0.2) is 59.0 Å². The van der Waals surface area contributed by atoms with Gasteiger partial charge in [-0.05, 0) is 78.3 Å². The molecule has 6 nitrogen and oxygen atoms in total. The molecule has 1 atom stereocenters. The first-order chi connectivity index (χ1) is 17.9. The van der Waals surface area contributed by atoms with Gasteiger partial charge in [0.25, 0.3) is 5.91 Å². The first-order valence-electron chi connectivity index (χ1n) is 13.1. The van der Waals surface area contributed by atoms with Gasteiger partial charge in [0.1, 0.15) is 23.9 Å². The second-order valence-electron chi connectivity index (χ2n) is 10.3. The molecule has 0 aliphatic carbocycles. The highest BCUT2D eigenvalue weighted by molar-refractivity contribution is 5.91. The van der Waals surface area contributed by atoms with Crippen molar-refractivity contribution in [2.75, 3.05) is 19.6 Å². The molecule has 1 aromatic heterocycles. The van der Waals surface area contributed by atoms with E-state index in [1.807, 2.05) is 41.8 Å². The minimum absolute atomic E-state index is 0.0779.